The van der Waals surface area contributed by atoms with Gasteiger partial charge in [0, 0.05) is 39.4 Å². The van der Waals surface area contributed by atoms with Crippen LogP contribution in [0.5, 0.6) is 0 Å². The number of nitro groups is 1. The number of amides is 4. The second-order valence-corrected chi connectivity index (χ2v) is 9.68. The zero-order valence-corrected chi connectivity index (χ0v) is 19.7. The third kappa shape index (κ3) is 5.02. The number of imide groups is 1. The second kappa shape index (κ2) is 10.3. The van der Waals surface area contributed by atoms with E-state index in [4.69, 9.17) is 4.74 Å². The summed E-state index contributed by atoms with van der Waals surface area (Å²) in [5.41, 5.74) is 0.678. The SMILES string of the molecule is CN1C(=O)C2C(SCC(=O)NCC3CCCO3)NC(c3ccc([N+](=O)[O-])cc3)NC2N(C)C1=O. The molecule has 0 radical (unpaired) electrons. The van der Waals surface area contributed by atoms with Crippen molar-refractivity contribution in [3.63, 3.8) is 0 Å². The zero-order valence-electron chi connectivity index (χ0n) is 18.9. The lowest BCUT2D eigenvalue weighted by Gasteiger charge is -2.50. The lowest BCUT2D eigenvalue weighted by atomic mass is 9.96. The molecule has 3 N–H and O–H groups in total. The summed E-state index contributed by atoms with van der Waals surface area (Å²) >= 11 is 1.29. The van der Waals surface area contributed by atoms with Crippen molar-refractivity contribution in [2.24, 2.45) is 5.92 Å². The van der Waals surface area contributed by atoms with Crippen molar-refractivity contribution in [3.05, 3.63) is 39.9 Å². The molecule has 0 spiro atoms. The highest BCUT2D eigenvalue weighted by Crippen LogP contribution is 2.34. The van der Waals surface area contributed by atoms with Crippen LogP contribution in [0.25, 0.3) is 0 Å². The monoisotopic (exact) mass is 492 g/mol. The number of benzene rings is 1. The molecule has 4 amide bonds. The van der Waals surface area contributed by atoms with Crippen LogP contribution in [0.4, 0.5) is 10.5 Å². The van der Waals surface area contributed by atoms with Crippen LogP contribution >= 0.6 is 11.8 Å². The summed E-state index contributed by atoms with van der Waals surface area (Å²) in [7, 11) is 3.06. The molecule has 0 aliphatic carbocycles. The Morgan fingerprint density at radius 2 is 2.00 bits per heavy atom. The Kier molecular flexibility index (Phi) is 7.36. The minimum atomic E-state index is -0.627. The first-order valence-electron chi connectivity index (χ1n) is 11.1. The van der Waals surface area contributed by atoms with Gasteiger partial charge in [0.25, 0.3) is 5.69 Å². The minimum absolute atomic E-state index is 0.0342. The first-order valence-corrected chi connectivity index (χ1v) is 12.1. The molecular formula is C21H28N6O6S. The number of hydrogen-bond donors (Lipinski definition) is 3. The molecule has 3 fully saturated rings. The van der Waals surface area contributed by atoms with E-state index in [2.05, 4.69) is 16.0 Å². The Bertz CT molecular complexity index is 956. The summed E-state index contributed by atoms with van der Waals surface area (Å²) in [6.07, 6.45) is 0.857. The van der Waals surface area contributed by atoms with Crippen LogP contribution in [0.15, 0.2) is 24.3 Å². The predicted octanol–water partition coefficient (Wildman–Crippen LogP) is 0.607. The van der Waals surface area contributed by atoms with Crippen LogP contribution in [0, 0.1) is 16.0 Å². The number of thioether (sulfide) groups is 1. The van der Waals surface area contributed by atoms with Gasteiger partial charge in [0.1, 0.15) is 0 Å². The van der Waals surface area contributed by atoms with Gasteiger partial charge in [0.2, 0.25) is 11.8 Å². The summed E-state index contributed by atoms with van der Waals surface area (Å²) in [5, 5.41) is 20.0. The number of carbonyl (C=O) groups excluding carboxylic acids is 3. The minimum Gasteiger partial charge on any atom is -0.376 e. The molecule has 5 atom stereocenters. The molecule has 12 nitrogen and oxygen atoms in total. The molecule has 5 unspecified atom stereocenters. The Morgan fingerprint density at radius 1 is 1.26 bits per heavy atom. The van der Waals surface area contributed by atoms with Crippen LogP contribution in [-0.2, 0) is 14.3 Å². The molecule has 0 aromatic heterocycles. The molecule has 0 bridgehead atoms. The lowest BCUT2D eigenvalue weighted by Crippen LogP contribution is -2.72. The summed E-state index contributed by atoms with van der Waals surface area (Å²) < 4.78 is 5.53. The molecule has 1 aromatic rings. The Morgan fingerprint density at radius 3 is 2.65 bits per heavy atom. The van der Waals surface area contributed by atoms with Crippen molar-refractivity contribution >= 4 is 35.3 Å². The van der Waals surface area contributed by atoms with Crippen LogP contribution in [0.1, 0.15) is 24.6 Å². The summed E-state index contributed by atoms with van der Waals surface area (Å²) in [5.74, 6) is -1.01. The fourth-order valence-electron chi connectivity index (χ4n) is 4.43. The van der Waals surface area contributed by atoms with Crippen LogP contribution in [0.3, 0.4) is 0 Å². The number of hydrogen-bond acceptors (Lipinski definition) is 9. The molecule has 1 aromatic carbocycles. The topological polar surface area (TPSA) is 146 Å². The van der Waals surface area contributed by atoms with E-state index in [9.17, 15) is 24.5 Å². The third-order valence-electron chi connectivity index (χ3n) is 6.34. The van der Waals surface area contributed by atoms with Crippen LogP contribution in [-0.4, -0.2) is 83.2 Å². The number of carbonyl (C=O) groups is 3. The highest BCUT2D eigenvalue weighted by molar-refractivity contribution is 8.00. The largest absolute Gasteiger partial charge is 0.376 e. The van der Waals surface area contributed by atoms with Crippen LogP contribution in [0.2, 0.25) is 0 Å². The molecule has 3 heterocycles. The van der Waals surface area contributed by atoms with E-state index in [1.54, 1.807) is 19.2 Å². The highest BCUT2D eigenvalue weighted by atomic mass is 32.2. The zero-order chi connectivity index (χ0) is 24.4. The number of nitrogens with one attached hydrogen (secondary N) is 3. The number of urea groups is 1. The molecule has 34 heavy (non-hydrogen) atoms. The van der Waals surface area contributed by atoms with Gasteiger partial charge in [0.05, 0.1) is 40.4 Å². The van der Waals surface area contributed by atoms with E-state index in [1.165, 1.54) is 35.8 Å². The summed E-state index contributed by atoms with van der Waals surface area (Å²) in [6, 6.07) is 5.62. The van der Waals surface area contributed by atoms with E-state index in [-0.39, 0.29) is 29.4 Å². The molecule has 3 aliphatic heterocycles. The van der Waals surface area contributed by atoms with Gasteiger partial charge in [-0.3, -0.25) is 35.2 Å². The molecular weight excluding hydrogens is 464 g/mol. The van der Waals surface area contributed by atoms with E-state index < -0.39 is 34.6 Å². The van der Waals surface area contributed by atoms with Crippen molar-refractivity contribution < 1.29 is 24.0 Å². The quantitative estimate of drug-likeness (QED) is 0.368. The average molecular weight is 493 g/mol. The second-order valence-electron chi connectivity index (χ2n) is 8.55. The summed E-state index contributed by atoms with van der Waals surface area (Å²) in [6.45, 7) is 1.17. The third-order valence-corrected chi connectivity index (χ3v) is 7.56. The fraction of sp³-hybridized carbons (Fsp3) is 0.571. The van der Waals surface area contributed by atoms with E-state index >= 15 is 0 Å². The lowest BCUT2D eigenvalue weighted by molar-refractivity contribution is -0.384. The van der Waals surface area contributed by atoms with Gasteiger partial charge in [-0.05, 0) is 30.5 Å². The maximum absolute atomic E-state index is 13.0. The first kappa shape index (κ1) is 24.4. The Labute approximate surface area is 200 Å². The molecule has 4 rings (SSSR count). The molecule has 3 saturated heterocycles. The van der Waals surface area contributed by atoms with E-state index in [1.807, 2.05) is 0 Å². The van der Waals surface area contributed by atoms with Crippen molar-refractivity contribution in [1.82, 2.24) is 25.8 Å². The smallest absolute Gasteiger partial charge is 0.327 e. The van der Waals surface area contributed by atoms with Crippen LogP contribution < -0.4 is 16.0 Å². The molecule has 3 aliphatic rings. The van der Waals surface area contributed by atoms with Gasteiger partial charge in [-0.2, -0.15) is 0 Å². The highest BCUT2D eigenvalue weighted by Gasteiger charge is 2.51. The van der Waals surface area contributed by atoms with Gasteiger partial charge in [-0.1, -0.05) is 0 Å². The Hall–Kier alpha value is -2.74. The van der Waals surface area contributed by atoms with E-state index in [0.29, 0.717) is 18.7 Å². The van der Waals surface area contributed by atoms with Crippen molar-refractivity contribution in [2.75, 3.05) is 33.0 Å². The van der Waals surface area contributed by atoms with Gasteiger partial charge < -0.3 is 15.0 Å². The van der Waals surface area contributed by atoms with Crippen molar-refractivity contribution in [1.29, 1.82) is 0 Å². The summed E-state index contributed by atoms with van der Waals surface area (Å²) in [4.78, 5) is 51.1. The maximum atomic E-state index is 13.0. The van der Waals surface area contributed by atoms with Crippen molar-refractivity contribution in [2.45, 2.75) is 36.7 Å². The van der Waals surface area contributed by atoms with Crippen molar-refractivity contribution in [3.8, 4) is 0 Å². The number of non-ortho nitro benzene ring substituents is 1. The molecule has 0 saturated carbocycles. The number of nitro benzene ring substituents is 1. The van der Waals surface area contributed by atoms with Gasteiger partial charge in [-0.15, -0.1) is 11.8 Å². The molecule has 13 heteroatoms. The number of fused-ring (bicyclic) bond motifs is 1. The number of ether oxygens (including phenoxy) is 1. The predicted molar refractivity (Wildman–Crippen MR) is 124 cm³/mol. The standard InChI is InChI=1S/C21H28N6O6S/c1-25-18-16(20(29)26(2)21(25)30)19(34-11-15(28)22-10-14-4-3-9-33-14)24-17(23-18)12-5-7-13(8-6-12)27(31)32/h5-8,14,16-19,23-24H,3-4,9-11H2,1-2H3,(H,22,28). The molecule has 184 valence electrons. The maximum Gasteiger partial charge on any atom is 0.327 e. The first-order chi connectivity index (χ1) is 16.3. The number of nitrogens with zero attached hydrogens (tertiary/aromatic N) is 3. The average Bonchev–Trinajstić information content (AvgIpc) is 3.37. The fourth-order valence-corrected chi connectivity index (χ4v) is 5.57. The van der Waals surface area contributed by atoms with Gasteiger partial charge in [0.15, 0.2) is 0 Å². The van der Waals surface area contributed by atoms with E-state index in [0.717, 1.165) is 17.7 Å². The van der Waals surface area contributed by atoms with Gasteiger partial charge >= 0.3 is 6.03 Å². The van der Waals surface area contributed by atoms with Gasteiger partial charge in [-0.25, -0.2) is 4.79 Å². The normalized spacial score (nSPS) is 29.2. The number of rotatable bonds is 7. The Balaban J connectivity index is 1.49.